The third kappa shape index (κ3) is 3.72. The van der Waals surface area contributed by atoms with E-state index in [1.165, 1.54) is 12.1 Å². The van der Waals surface area contributed by atoms with Gasteiger partial charge in [-0.05, 0) is 43.9 Å². The molecule has 1 aromatic carbocycles. The van der Waals surface area contributed by atoms with Crippen molar-refractivity contribution in [3.05, 3.63) is 35.4 Å². The van der Waals surface area contributed by atoms with E-state index in [-0.39, 0.29) is 23.5 Å². The Balaban J connectivity index is 2.04. The summed E-state index contributed by atoms with van der Waals surface area (Å²) in [6, 6.07) is 5.23. The third-order valence-electron chi connectivity index (χ3n) is 4.45. The highest BCUT2D eigenvalue weighted by Crippen LogP contribution is 2.38. The summed E-state index contributed by atoms with van der Waals surface area (Å²) in [4.78, 5) is 0. The molecule has 0 amide bonds. The van der Waals surface area contributed by atoms with Crippen molar-refractivity contribution in [1.82, 2.24) is 0 Å². The highest BCUT2D eigenvalue weighted by atomic mass is 35.5. The third-order valence-corrected chi connectivity index (χ3v) is 4.89. The molecule has 1 fully saturated rings. The molecule has 5 atom stereocenters. The van der Waals surface area contributed by atoms with Crippen LogP contribution >= 0.6 is 11.6 Å². The Kier molecular flexibility index (Phi) is 4.89. The van der Waals surface area contributed by atoms with Crippen molar-refractivity contribution in [3.8, 4) is 0 Å². The number of halogens is 4. The van der Waals surface area contributed by atoms with Crippen LogP contribution in [0.5, 0.6) is 0 Å². The smallest absolute Gasteiger partial charge is 0.375 e. The van der Waals surface area contributed by atoms with Crippen LogP contribution in [0, 0.1) is 11.8 Å². The van der Waals surface area contributed by atoms with E-state index < -0.39 is 11.7 Å². The van der Waals surface area contributed by atoms with Crippen molar-refractivity contribution in [1.29, 1.82) is 0 Å². The molecular weight excluding hydrogens is 301 g/mol. The standard InChI is InChI=1S/C16H20ClF3O/c1-9-10(2)21-11(3)15(9)14(17)8-12-4-6-13(7-5-12)16(18,19)20/h4-7,9-11,14-15H,8H2,1-3H3. The van der Waals surface area contributed by atoms with Crippen molar-refractivity contribution in [2.75, 3.05) is 0 Å². The van der Waals surface area contributed by atoms with Crippen molar-refractivity contribution >= 4 is 11.6 Å². The molecule has 1 saturated heterocycles. The quantitative estimate of drug-likeness (QED) is 0.719. The number of alkyl halides is 4. The molecule has 0 saturated carbocycles. The van der Waals surface area contributed by atoms with Gasteiger partial charge in [0.05, 0.1) is 17.8 Å². The first-order valence-electron chi connectivity index (χ1n) is 7.16. The topological polar surface area (TPSA) is 9.23 Å². The monoisotopic (exact) mass is 320 g/mol. The lowest BCUT2D eigenvalue weighted by Gasteiger charge is -2.24. The summed E-state index contributed by atoms with van der Waals surface area (Å²) in [6.07, 6.45) is -3.50. The van der Waals surface area contributed by atoms with Gasteiger partial charge in [0, 0.05) is 11.3 Å². The minimum absolute atomic E-state index is 0.0759. The van der Waals surface area contributed by atoms with Crippen LogP contribution in [-0.4, -0.2) is 17.6 Å². The summed E-state index contributed by atoms with van der Waals surface area (Å²) in [5.41, 5.74) is 0.193. The van der Waals surface area contributed by atoms with E-state index in [1.54, 1.807) is 0 Å². The van der Waals surface area contributed by atoms with Gasteiger partial charge in [0.25, 0.3) is 0 Å². The lowest BCUT2D eigenvalue weighted by molar-refractivity contribution is -0.137. The predicted molar refractivity (Wildman–Crippen MR) is 77.5 cm³/mol. The molecule has 1 aromatic rings. The van der Waals surface area contributed by atoms with Gasteiger partial charge in [-0.2, -0.15) is 13.2 Å². The van der Waals surface area contributed by atoms with Crippen molar-refractivity contribution < 1.29 is 17.9 Å². The van der Waals surface area contributed by atoms with E-state index in [4.69, 9.17) is 16.3 Å². The molecule has 1 aliphatic rings. The van der Waals surface area contributed by atoms with E-state index in [9.17, 15) is 13.2 Å². The average molecular weight is 321 g/mol. The van der Waals surface area contributed by atoms with Crippen LogP contribution in [0.3, 0.4) is 0 Å². The van der Waals surface area contributed by atoms with Gasteiger partial charge in [-0.3, -0.25) is 0 Å². The highest BCUT2D eigenvalue weighted by Gasteiger charge is 2.41. The summed E-state index contributed by atoms with van der Waals surface area (Å²) in [5, 5.41) is -0.142. The first-order valence-corrected chi connectivity index (χ1v) is 7.59. The molecule has 0 aliphatic carbocycles. The van der Waals surface area contributed by atoms with Crippen LogP contribution in [0.2, 0.25) is 0 Å². The summed E-state index contributed by atoms with van der Waals surface area (Å²) < 4.78 is 43.4. The molecule has 2 rings (SSSR count). The molecule has 1 aliphatic heterocycles. The Morgan fingerprint density at radius 2 is 1.67 bits per heavy atom. The van der Waals surface area contributed by atoms with Crippen LogP contribution in [0.15, 0.2) is 24.3 Å². The SMILES string of the molecule is CC1OC(C)C(C(Cl)Cc2ccc(C(F)(F)F)cc2)C1C. The minimum atomic E-state index is -4.29. The van der Waals surface area contributed by atoms with Crippen molar-refractivity contribution in [2.45, 2.75) is 51.0 Å². The van der Waals surface area contributed by atoms with E-state index in [1.807, 2.05) is 13.8 Å². The fourth-order valence-electron chi connectivity index (χ4n) is 3.11. The Morgan fingerprint density at radius 3 is 2.10 bits per heavy atom. The zero-order valence-electron chi connectivity index (χ0n) is 12.3. The molecule has 0 bridgehead atoms. The molecule has 0 aromatic heterocycles. The number of rotatable bonds is 3. The van der Waals surface area contributed by atoms with Crippen LogP contribution in [0.4, 0.5) is 13.2 Å². The first-order chi connectivity index (χ1) is 9.70. The zero-order valence-corrected chi connectivity index (χ0v) is 13.1. The van der Waals surface area contributed by atoms with Gasteiger partial charge in [-0.1, -0.05) is 19.1 Å². The van der Waals surface area contributed by atoms with Crippen LogP contribution in [-0.2, 0) is 17.3 Å². The van der Waals surface area contributed by atoms with Crippen molar-refractivity contribution in [2.24, 2.45) is 11.8 Å². The summed E-state index contributed by atoms with van der Waals surface area (Å²) in [5.74, 6) is 0.556. The maximum absolute atomic E-state index is 12.5. The van der Waals surface area contributed by atoms with Gasteiger partial charge in [-0.15, -0.1) is 11.6 Å². The van der Waals surface area contributed by atoms with E-state index in [2.05, 4.69) is 6.92 Å². The maximum Gasteiger partial charge on any atom is 0.416 e. The molecule has 118 valence electrons. The van der Waals surface area contributed by atoms with Crippen LogP contribution in [0.25, 0.3) is 0 Å². The second kappa shape index (κ2) is 6.17. The molecule has 0 radical (unpaired) electrons. The van der Waals surface area contributed by atoms with Gasteiger partial charge >= 0.3 is 6.18 Å². The van der Waals surface area contributed by atoms with Gasteiger partial charge in [0.2, 0.25) is 0 Å². The maximum atomic E-state index is 12.5. The van der Waals surface area contributed by atoms with Gasteiger partial charge in [-0.25, -0.2) is 0 Å². The van der Waals surface area contributed by atoms with Gasteiger partial charge in [0.15, 0.2) is 0 Å². The largest absolute Gasteiger partial charge is 0.416 e. The highest BCUT2D eigenvalue weighted by molar-refractivity contribution is 6.21. The lowest BCUT2D eigenvalue weighted by Crippen LogP contribution is -2.28. The Bertz CT molecular complexity index is 471. The van der Waals surface area contributed by atoms with Gasteiger partial charge < -0.3 is 4.74 Å². The van der Waals surface area contributed by atoms with E-state index in [0.29, 0.717) is 12.3 Å². The van der Waals surface area contributed by atoms with E-state index in [0.717, 1.165) is 17.7 Å². The summed E-state index contributed by atoms with van der Waals surface area (Å²) in [7, 11) is 0. The molecule has 0 spiro atoms. The molecule has 0 N–H and O–H groups in total. The zero-order chi connectivity index (χ0) is 15.8. The molecule has 21 heavy (non-hydrogen) atoms. The van der Waals surface area contributed by atoms with E-state index >= 15 is 0 Å². The molecule has 1 nitrogen and oxygen atoms in total. The second-order valence-electron chi connectivity index (χ2n) is 5.90. The Morgan fingerprint density at radius 1 is 1.10 bits per heavy atom. The number of hydrogen-bond acceptors (Lipinski definition) is 1. The predicted octanol–water partition coefficient (Wildman–Crippen LogP) is 4.91. The minimum Gasteiger partial charge on any atom is -0.375 e. The van der Waals surface area contributed by atoms with Gasteiger partial charge in [0.1, 0.15) is 0 Å². The second-order valence-corrected chi connectivity index (χ2v) is 6.46. The van der Waals surface area contributed by atoms with Crippen LogP contribution < -0.4 is 0 Å². The molecule has 1 heterocycles. The lowest BCUT2D eigenvalue weighted by atomic mass is 9.84. The first kappa shape index (κ1) is 16.6. The summed E-state index contributed by atoms with van der Waals surface area (Å²) in [6.45, 7) is 6.15. The number of ether oxygens (including phenoxy) is 1. The number of benzene rings is 1. The fourth-order valence-corrected chi connectivity index (χ4v) is 3.72. The fraction of sp³-hybridized carbons (Fsp3) is 0.625. The van der Waals surface area contributed by atoms with Crippen LogP contribution in [0.1, 0.15) is 31.9 Å². The average Bonchev–Trinajstić information content (AvgIpc) is 2.62. The molecule has 5 unspecified atom stereocenters. The summed E-state index contributed by atoms with van der Waals surface area (Å²) >= 11 is 6.50. The molecular formula is C16H20ClF3O. The normalized spacial score (nSPS) is 31.4. The Hall–Kier alpha value is -0.740. The molecule has 5 heteroatoms. The van der Waals surface area contributed by atoms with Crippen molar-refractivity contribution in [3.63, 3.8) is 0 Å². The number of hydrogen-bond donors (Lipinski definition) is 0. The Labute approximate surface area is 128 Å².